The Morgan fingerprint density at radius 2 is 2.11 bits per heavy atom. The van der Waals surface area contributed by atoms with E-state index < -0.39 is 5.97 Å². The highest BCUT2D eigenvalue weighted by molar-refractivity contribution is 7.23. The van der Waals surface area contributed by atoms with Crippen LogP contribution in [0.25, 0.3) is 9.75 Å². The summed E-state index contributed by atoms with van der Waals surface area (Å²) in [5.74, 6) is -0.189. The van der Waals surface area contributed by atoms with Crippen molar-refractivity contribution in [1.82, 2.24) is 0 Å². The molecule has 0 amide bonds. The molecule has 0 atom stereocenters. The smallest absolute Gasteiger partial charge is 0.350 e. The molecule has 19 heavy (non-hydrogen) atoms. The molecule has 0 bridgehead atoms. The Kier molecular flexibility index (Phi) is 4.18. The molecule has 0 radical (unpaired) electrons. The van der Waals surface area contributed by atoms with Gasteiger partial charge in [0.05, 0.1) is 27.6 Å². The van der Waals surface area contributed by atoms with Gasteiger partial charge in [-0.1, -0.05) is 25.4 Å². The van der Waals surface area contributed by atoms with E-state index in [9.17, 15) is 4.79 Å². The first-order valence-electron chi connectivity index (χ1n) is 5.71. The van der Waals surface area contributed by atoms with E-state index >= 15 is 0 Å². The van der Waals surface area contributed by atoms with Crippen molar-refractivity contribution < 1.29 is 9.53 Å². The van der Waals surface area contributed by atoms with Gasteiger partial charge >= 0.3 is 5.97 Å². The van der Waals surface area contributed by atoms with Gasteiger partial charge in [0.25, 0.3) is 0 Å². The summed E-state index contributed by atoms with van der Waals surface area (Å²) >= 11 is 9.08. The molecule has 2 aromatic heterocycles. The third-order valence-corrected chi connectivity index (χ3v) is 5.46. The minimum atomic E-state index is -0.400. The minimum Gasteiger partial charge on any atom is -0.465 e. The predicted molar refractivity (Wildman–Crippen MR) is 82.5 cm³/mol. The SMILES string of the molecule is COC(=O)c1sc(-c2sccc2Cl)c(C(C)C)c1N. The number of rotatable bonds is 3. The maximum Gasteiger partial charge on any atom is 0.350 e. The lowest BCUT2D eigenvalue weighted by molar-refractivity contribution is 0.0607. The fraction of sp³-hybridized carbons (Fsp3) is 0.308. The van der Waals surface area contributed by atoms with Crippen LogP contribution in [0.5, 0.6) is 0 Å². The normalized spacial score (nSPS) is 11.0. The first-order valence-corrected chi connectivity index (χ1v) is 7.78. The number of hydrogen-bond acceptors (Lipinski definition) is 5. The van der Waals surface area contributed by atoms with E-state index in [0.29, 0.717) is 15.6 Å². The van der Waals surface area contributed by atoms with Crippen molar-refractivity contribution >= 4 is 45.9 Å². The predicted octanol–water partition coefficient (Wildman–Crippen LogP) is 4.62. The van der Waals surface area contributed by atoms with Crippen LogP contribution < -0.4 is 5.73 Å². The maximum absolute atomic E-state index is 11.8. The Labute approximate surface area is 125 Å². The molecule has 2 aromatic rings. The molecule has 0 saturated carbocycles. The zero-order chi connectivity index (χ0) is 14.2. The number of halogens is 1. The Morgan fingerprint density at radius 1 is 1.42 bits per heavy atom. The Morgan fingerprint density at radius 3 is 2.58 bits per heavy atom. The van der Waals surface area contributed by atoms with E-state index in [1.807, 2.05) is 25.3 Å². The third-order valence-electron chi connectivity index (χ3n) is 2.76. The first kappa shape index (κ1) is 14.4. The Bertz CT molecular complexity index is 616. The lowest BCUT2D eigenvalue weighted by Crippen LogP contribution is -2.03. The summed E-state index contributed by atoms with van der Waals surface area (Å²) in [6.45, 7) is 4.09. The van der Waals surface area contributed by atoms with Crippen molar-refractivity contribution in [3.63, 3.8) is 0 Å². The summed E-state index contributed by atoms with van der Waals surface area (Å²) in [5, 5.41) is 2.61. The largest absolute Gasteiger partial charge is 0.465 e. The van der Waals surface area contributed by atoms with Crippen molar-refractivity contribution in [2.24, 2.45) is 0 Å². The summed E-state index contributed by atoms with van der Waals surface area (Å²) < 4.78 is 4.77. The fourth-order valence-corrected chi connectivity index (χ4v) is 4.58. The number of anilines is 1. The number of esters is 1. The molecule has 102 valence electrons. The molecule has 0 unspecified atom stereocenters. The molecule has 0 aliphatic carbocycles. The van der Waals surface area contributed by atoms with Gasteiger partial charge in [0, 0.05) is 0 Å². The van der Waals surface area contributed by atoms with Crippen LogP contribution in [0.3, 0.4) is 0 Å². The van der Waals surface area contributed by atoms with E-state index in [4.69, 9.17) is 22.1 Å². The van der Waals surface area contributed by atoms with Crippen LogP contribution >= 0.6 is 34.3 Å². The second-order valence-corrected chi connectivity index (χ2v) is 6.68. The third kappa shape index (κ3) is 2.50. The summed E-state index contributed by atoms with van der Waals surface area (Å²) in [6, 6.07) is 1.85. The van der Waals surface area contributed by atoms with Crippen molar-refractivity contribution in [3.05, 3.63) is 26.9 Å². The molecule has 0 aromatic carbocycles. The van der Waals surface area contributed by atoms with Gasteiger partial charge in [0.2, 0.25) is 0 Å². The average molecular weight is 316 g/mol. The second-order valence-electron chi connectivity index (χ2n) is 4.33. The van der Waals surface area contributed by atoms with Gasteiger partial charge in [-0.15, -0.1) is 22.7 Å². The quantitative estimate of drug-likeness (QED) is 0.841. The van der Waals surface area contributed by atoms with Crippen molar-refractivity contribution in [1.29, 1.82) is 0 Å². The average Bonchev–Trinajstić information content (AvgIpc) is 2.91. The van der Waals surface area contributed by atoms with Gasteiger partial charge in [0.1, 0.15) is 4.88 Å². The van der Waals surface area contributed by atoms with E-state index in [0.717, 1.165) is 15.3 Å². The molecular formula is C13H14ClNO2S2. The maximum atomic E-state index is 11.8. The highest BCUT2D eigenvalue weighted by Crippen LogP contribution is 2.46. The monoisotopic (exact) mass is 315 g/mol. The van der Waals surface area contributed by atoms with Gasteiger partial charge in [-0.25, -0.2) is 4.79 Å². The standard InChI is InChI=1S/C13H14ClNO2S2/c1-6(2)8-9(15)12(13(16)17-3)19-11(8)10-7(14)4-5-18-10/h4-6H,15H2,1-3H3. The molecule has 2 heterocycles. The molecule has 6 heteroatoms. The van der Waals surface area contributed by atoms with E-state index in [1.54, 1.807) is 11.3 Å². The van der Waals surface area contributed by atoms with E-state index in [2.05, 4.69) is 0 Å². The molecule has 0 aliphatic rings. The second kappa shape index (κ2) is 5.53. The van der Waals surface area contributed by atoms with Crippen molar-refractivity contribution in [2.45, 2.75) is 19.8 Å². The van der Waals surface area contributed by atoms with Crippen LogP contribution in [0.2, 0.25) is 5.02 Å². The molecule has 0 spiro atoms. The van der Waals surface area contributed by atoms with E-state index in [-0.39, 0.29) is 5.92 Å². The highest BCUT2D eigenvalue weighted by atomic mass is 35.5. The van der Waals surface area contributed by atoms with Crippen LogP contribution in [0, 0.1) is 0 Å². The lowest BCUT2D eigenvalue weighted by atomic mass is 10.0. The molecule has 0 fully saturated rings. The van der Waals surface area contributed by atoms with Gasteiger partial charge in [-0.05, 0) is 22.9 Å². The Balaban J connectivity index is 2.67. The number of ether oxygens (including phenoxy) is 1. The number of nitrogens with two attached hydrogens (primary N) is 1. The molecule has 2 N–H and O–H groups in total. The lowest BCUT2D eigenvalue weighted by Gasteiger charge is -2.08. The van der Waals surface area contributed by atoms with Crippen LogP contribution in [0.15, 0.2) is 11.4 Å². The van der Waals surface area contributed by atoms with Crippen molar-refractivity contribution in [3.8, 4) is 9.75 Å². The fourth-order valence-electron chi connectivity index (χ4n) is 1.90. The molecule has 2 rings (SSSR count). The van der Waals surface area contributed by atoms with Crippen LogP contribution in [-0.4, -0.2) is 13.1 Å². The zero-order valence-corrected chi connectivity index (χ0v) is 13.2. The molecule has 3 nitrogen and oxygen atoms in total. The first-order chi connectivity index (χ1) is 8.97. The number of nitrogen functional groups attached to an aromatic ring is 1. The number of carbonyl (C=O) groups is 1. The number of thiophene rings is 2. The molecule has 0 aliphatic heterocycles. The summed E-state index contributed by atoms with van der Waals surface area (Å²) in [5.41, 5.74) is 7.58. The topological polar surface area (TPSA) is 52.3 Å². The minimum absolute atomic E-state index is 0.211. The summed E-state index contributed by atoms with van der Waals surface area (Å²) in [6.07, 6.45) is 0. The van der Waals surface area contributed by atoms with Gasteiger partial charge in [0.15, 0.2) is 0 Å². The van der Waals surface area contributed by atoms with Gasteiger partial charge in [-0.3, -0.25) is 0 Å². The summed E-state index contributed by atoms with van der Waals surface area (Å²) in [7, 11) is 1.36. The molecular weight excluding hydrogens is 302 g/mol. The summed E-state index contributed by atoms with van der Waals surface area (Å²) in [4.78, 5) is 14.1. The van der Waals surface area contributed by atoms with Crippen molar-refractivity contribution in [2.75, 3.05) is 12.8 Å². The van der Waals surface area contributed by atoms with Gasteiger partial charge in [-0.2, -0.15) is 0 Å². The number of hydrogen-bond donors (Lipinski definition) is 1. The van der Waals surface area contributed by atoms with Crippen LogP contribution in [0.4, 0.5) is 5.69 Å². The highest BCUT2D eigenvalue weighted by Gasteiger charge is 2.25. The number of carbonyl (C=O) groups excluding carboxylic acids is 1. The van der Waals surface area contributed by atoms with Crippen LogP contribution in [-0.2, 0) is 4.74 Å². The molecule has 0 saturated heterocycles. The Hall–Kier alpha value is -1.04. The van der Waals surface area contributed by atoms with Crippen LogP contribution in [0.1, 0.15) is 35.0 Å². The zero-order valence-electron chi connectivity index (χ0n) is 10.8. The van der Waals surface area contributed by atoms with Gasteiger partial charge < -0.3 is 10.5 Å². The van der Waals surface area contributed by atoms with E-state index in [1.165, 1.54) is 18.4 Å². The number of methoxy groups -OCH3 is 1.